The number of amides is 1. The van der Waals surface area contributed by atoms with E-state index in [9.17, 15) is 9.18 Å². The van der Waals surface area contributed by atoms with Gasteiger partial charge in [-0.3, -0.25) is 4.79 Å². The number of halogens is 1. The van der Waals surface area contributed by atoms with Crippen LogP contribution in [-0.4, -0.2) is 45.1 Å². The number of hydrogen-bond acceptors (Lipinski definition) is 7. The van der Waals surface area contributed by atoms with Gasteiger partial charge in [-0.25, -0.2) is 19.3 Å². The number of nitrogens with one attached hydrogen (secondary N) is 3. The summed E-state index contributed by atoms with van der Waals surface area (Å²) in [6, 6.07) is 18.1. The third-order valence-electron chi connectivity index (χ3n) is 6.84. The van der Waals surface area contributed by atoms with Crippen LogP contribution in [-0.2, 0) is 20.8 Å². The van der Waals surface area contributed by atoms with E-state index >= 15 is 0 Å². The van der Waals surface area contributed by atoms with Gasteiger partial charge in [-0.2, -0.15) is 0 Å². The summed E-state index contributed by atoms with van der Waals surface area (Å²) >= 11 is 0. The van der Waals surface area contributed by atoms with Gasteiger partial charge in [-0.1, -0.05) is 30.3 Å². The summed E-state index contributed by atoms with van der Waals surface area (Å²) < 4.78 is 25.7. The number of carbonyl (C=O) groups excluding carboxylic acids is 1. The number of ether oxygens (including phenoxy) is 2. The molecule has 0 radical (unpaired) electrons. The third-order valence-corrected chi connectivity index (χ3v) is 6.84. The molecule has 6 rings (SSSR count). The zero-order valence-corrected chi connectivity index (χ0v) is 21.5. The Labute approximate surface area is 225 Å². The van der Waals surface area contributed by atoms with Crippen molar-refractivity contribution in [3.63, 3.8) is 0 Å². The molecule has 3 heterocycles. The minimum Gasteiger partial charge on any atom is -0.353 e. The van der Waals surface area contributed by atoms with Crippen LogP contribution in [0.3, 0.4) is 0 Å². The summed E-state index contributed by atoms with van der Waals surface area (Å²) in [7, 11) is 0. The Balaban J connectivity index is 1.26. The van der Waals surface area contributed by atoms with Crippen molar-refractivity contribution in [2.24, 2.45) is 5.41 Å². The lowest BCUT2D eigenvalue weighted by Crippen LogP contribution is -2.49. The van der Waals surface area contributed by atoms with Crippen molar-refractivity contribution in [3.8, 4) is 22.6 Å². The molecule has 3 N–H and O–H groups in total. The predicted molar refractivity (Wildman–Crippen MR) is 143 cm³/mol. The van der Waals surface area contributed by atoms with E-state index in [0.29, 0.717) is 41.0 Å². The van der Waals surface area contributed by atoms with Crippen molar-refractivity contribution in [3.05, 3.63) is 84.1 Å². The van der Waals surface area contributed by atoms with Gasteiger partial charge in [0.05, 0.1) is 35.7 Å². The number of nitrogens with zero attached hydrogens (tertiary/aromatic N) is 3. The molecular formula is C29H29FN6O3. The number of aromatic amines is 1. The first-order chi connectivity index (χ1) is 19.0. The second-order valence-corrected chi connectivity index (χ2v) is 10.2. The molecule has 1 amide bonds. The molecule has 1 saturated carbocycles. The average Bonchev–Trinajstić information content (AvgIpc) is 3.67. The van der Waals surface area contributed by atoms with Gasteiger partial charge in [0.15, 0.2) is 5.82 Å². The fourth-order valence-electron chi connectivity index (χ4n) is 4.35. The number of rotatable bonds is 8. The fourth-order valence-corrected chi connectivity index (χ4v) is 4.35. The molecular weight excluding hydrogens is 499 g/mol. The van der Waals surface area contributed by atoms with Gasteiger partial charge in [-0.05, 0) is 55.7 Å². The second-order valence-electron chi connectivity index (χ2n) is 10.2. The van der Waals surface area contributed by atoms with Crippen molar-refractivity contribution < 1.29 is 18.7 Å². The third kappa shape index (κ3) is 5.67. The van der Waals surface area contributed by atoms with E-state index in [-0.39, 0.29) is 31.0 Å². The van der Waals surface area contributed by atoms with Crippen LogP contribution in [0.25, 0.3) is 22.6 Å². The molecule has 200 valence electrons. The van der Waals surface area contributed by atoms with E-state index in [1.807, 2.05) is 37.3 Å². The Hall–Kier alpha value is -4.15. The zero-order chi connectivity index (χ0) is 26.8. The molecule has 2 aromatic carbocycles. The van der Waals surface area contributed by atoms with E-state index in [1.165, 1.54) is 12.1 Å². The molecule has 1 aliphatic heterocycles. The first-order valence-corrected chi connectivity index (χ1v) is 13.0. The van der Waals surface area contributed by atoms with Gasteiger partial charge >= 0.3 is 0 Å². The molecule has 0 spiro atoms. The Kier molecular flexibility index (Phi) is 6.80. The largest absolute Gasteiger partial charge is 0.353 e. The minimum absolute atomic E-state index is 0.0629. The zero-order valence-electron chi connectivity index (χ0n) is 21.5. The van der Waals surface area contributed by atoms with E-state index in [2.05, 4.69) is 20.6 Å². The first kappa shape index (κ1) is 25.1. The molecule has 1 saturated heterocycles. The molecule has 0 unspecified atom stereocenters. The Bertz CT molecular complexity index is 1450. The maximum absolute atomic E-state index is 13.7. The summed E-state index contributed by atoms with van der Waals surface area (Å²) in [6.45, 7) is 2.79. The maximum atomic E-state index is 13.7. The molecule has 0 atom stereocenters. The number of H-pyrrole nitrogens is 1. The molecule has 2 fully saturated rings. The van der Waals surface area contributed by atoms with Gasteiger partial charge < -0.3 is 25.1 Å². The van der Waals surface area contributed by atoms with E-state index in [1.54, 1.807) is 24.4 Å². The summed E-state index contributed by atoms with van der Waals surface area (Å²) in [6.07, 6.45) is 2.90. The highest BCUT2D eigenvalue weighted by Gasteiger charge is 2.42. The van der Waals surface area contributed by atoms with E-state index < -0.39 is 11.7 Å². The Morgan fingerprint density at radius 2 is 1.79 bits per heavy atom. The van der Waals surface area contributed by atoms with Crippen LogP contribution < -0.4 is 10.6 Å². The molecule has 1 aliphatic carbocycles. The predicted octanol–water partition coefficient (Wildman–Crippen LogP) is 4.62. The highest BCUT2D eigenvalue weighted by Crippen LogP contribution is 2.36. The van der Waals surface area contributed by atoms with E-state index in [4.69, 9.17) is 19.4 Å². The second kappa shape index (κ2) is 10.5. The number of aromatic nitrogens is 4. The Morgan fingerprint density at radius 1 is 1.05 bits per heavy atom. The van der Waals surface area contributed by atoms with Crippen LogP contribution in [0.2, 0.25) is 0 Å². The first-order valence-electron chi connectivity index (χ1n) is 13.0. The van der Waals surface area contributed by atoms with Crippen LogP contribution in [0.15, 0.2) is 66.9 Å². The van der Waals surface area contributed by atoms with Crippen molar-refractivity contribution in [1.82, 2.24) is 25.3 Å². The lowest BCUT2D eigenvalue weighted by Gasteiger charge is -2.35. The SMILES string of the molecule is CC1(C(=O)NC2CC2)COC(c2nc(-c3ccc(F)cc3)c(-c3ccnc(NCc4ccccc4)n3)[nH]2)OC1. The van der Waals surface area contributed by atoms with Crippen molar-refractivity contribution in [2.75, 3.05) is 18.5 Å². The molecule has 39 heavy (non-hydrogen) atoms. The number of imidazole rings is 1. The van der Waals surface area contributed by atoms with Gasteiger partial charge in [0.1, 0.15) is 5.82 Å². The average molecular weight is 529 g/mol. The smallest absolute Gasteiger partial charge is 0.230 e. The molecule has 9 nitrogen and oxygen atoms in total. The van der Waals surface area contributed by atoms with Crippen LogP contribution in [0, 0.1) is 11.2 Å². The molecule has 4 aromatic rings. The van der Waals surface area contributed by atoms with Gasteiger partial charge in [-0.15, -0.1) is 0 Å². The highest BCUT2D eigenvalue weighted by molar-refractivity contribution is 5.83. The summed E-state index contributed by atoms with van der Waals surface area (Å²) in [5.41, 5.74) is 2.82. The minimum atomic E-state index is -0.794. The van der Waals surface area contributed by atoms with Crippen LogP contribution in [0.5, 0.6) is 0 Å². The maximum Gasteiger partial charge on any atom is 0.230 e. The fraction of sp³-hybridized carbons (Fsp3) is 0.310. The lowest BCUT2D eigenvalue weighted by molar-refractivity contribution is -0.231. The molecule has 10 heteroatoms. The van der Waals surface area contributed by atoms with Crippen LogP contribution in [0.1, 0.15) is 37.4 Å². The number of carbonyl (C=O) groups is 1. The topological polar surface area (TPSA) is 114 Å². The molecule has 0 bridgehead atoms. The quantitative estimate of drug-likeness (QED) is 0.306. The Morgan fingerprint density at radius 3 is 2.51 bits per heavy atom. The van der Waals surface area contributed by atoms with Gasteiger partial charge in [0.25, 0.3) is 0 Å². The number of anilines is 1. The van der Waals surface area contributed by atoms with Gasteiger partial charge in [0.2, 0.25) is 18.1 Å². The number of benzene rings is 2. The highest BCUT2D eigenvalue weighted by atomic mass is 19.1. The molecule has 2 aliphatic rings. The van der Waals surface area contributed by atoms with Crippen LogP contribution in [0.4, 0.5) is 10.3 Å². The standard InChI is InChI=1S/C29H29FN6O3/c1-29(27(37)33-21-11-12-21)16-38-26(39-17-29)25-35-23(19-7-9-20(30)10-8-19)24(36-25)22-13-14-31-28(34-22)32-15-18-5-3-2-4-6-18/h2-10,13-14,21,26H,11-12,15-17H2,1H3,(H,33,37)(H,35,36)(H,31,32,34). The van der Waals surface area contributed by atoms with Crippen molar-refractivity contribution >= 4 is 11.9 Å². The monoisotopic (exact) mass is 528 g/mol. The molecule has 2 aromatic heterocycles. The van der Waals surface area contributed by atoms with Crippen molar-refractivity contribution in [1.29, 1.82) is 0 Å². The van der Waals surface area contributed by atoms with Gasteiger partial charge in [0, 0.05) is 24.3 Å². The number of hydrogen-bond donors (Lipinski definition) is 3. The summed E-state index contributed by atoms with van der Waals surface area (Å²) in [5.74, 6) is 0.492. The normalized spacial score (nSPS) is 20.9. The summed E-state index contributed by atoms with van der Waals surface area (Å²) in [4.78, 5) is 29.8. The lowest BCUT2D eigenvalue weighted by atomic mass is 9.91. The van der Waals surface area contributed by atoms with Crippen molar-refractivity contribution in [2.45, 2.75) is 38.6 Å². The van der Waals surface area contributed by atoms with Crippen LogP contribution >= 0.6 is 0 Å². The van der Waals surface area contributed by atoms with E-state index in [0.717, 1.165) is 18.4 Å². The summed E-state index contributed by atoms with van der Waals surface area (Å²) in [5, 5.41) is 6.28.